The van der Waals surface area contributed by atoms with Crippen LogP contribution in [-0.4, -0.2) is 106 Å². The second kappa shape index (κ2) is 20.2. The quantitative estimate of drug-likeness (QED) is 0.146. The number of benzene rings is 1. The van der Waals surface area contributed by atoms with Crippen molar-refractivity contribution in [3.63, 3.8) is 0 Å². The summed E-state index contributed by atoms with van der Waals surface area (Å²) in [6.07, 6.45) is 1.44. The first kappa shape index (κ1) is 43.0. The van der Waals surface area contributed by atoms with Crippen LogP contribution in [-0.2, 0) is 25.6 Å². The molecule has 1 saturated heterocycles. The monoisotopic (exact) mass is 742 g/mol. The van der Waals surface area contributed by atoms with Crippen LogP contribution in [0.15, 0.2) is 41.9 Å². The standard InChI is InChI=1S/C39H62N6O6S/c1-10-25(6)33(43-37(50)32(23(2)3)42-38(51)34(24(4)5)44(8)9)30(46)22-31(47)45-19-14-17-29(45)35(48)26(7)36(49)41-28(39-40-18-20-52-39)21-27-15-12-11-13-16-27/h11-13,15-16,18,20,23-26,28-30,32-35,46,48H,10,14,17,19,21-22H2,1-9H3,(H,41,49)(H,42,51)(H,43,50)/t25-,26+,28-,29-,30+,32-,33-,34-,35+/m0/s1. The van der Waals surface area contributed by atoms with Crippen LogP contribution in [0.2, 0.25) is 0 Å². The molecule has 2 heterocycles. The molecule has 0 aliphatic carbocycles. The number of rotatable bonds is 19. The van der Waals surface area contributed by atoms with Crippen molar-refractivity contribution in [2.24, 2.45) is 23.7 Å². The van der Waals surface area contributed by atoms with Gasteiger partial charge in [0, 0.05) is 18.1 Å². The van der Waals surface area contributed by atoms with Crippen LogP contribution in [0, 0.1) is 23.7 Å². The van der Waals surface area contributed by atoms with Crippen molar-refractivity contribution >= 4 is 35.0 Å². The van der Waals surface area contributed by atoms with E-state index in [2.05, 4.69) is 20.9 Å². The summed E-state index contributed by atoms with van der Waals surface area (Å²) in [6, 6.07) is 6.83. The van der Waals surface area contributed by atoms with E-state index in [9.17, 15) is 29.4 Å². The Labute approximate surface area is 314 Å². The van der Waals surface area contributed by atoms with Crippen molar-refractivity contribution in [1.29, 1.82) is 0 Å². The number of aliphatic hydroxyl groups excluding tert-OH is 2. The Morgan fingerprint density at radius 2 is 1.62 bits per heavy atom. The zero-order valence-corrected chi connectivity index (χ0v) is 33.2. The molecule has 1 aromatic heterocycles. The van der Waals surface area contributed by atoms with Gasteiger partial charge in [-0.3, -0.25) is 24.1 Å². The Balaban J connectivity index is 1.68. The van der Waals surface area contributed by atoms with E-state index in [1.165, 1.54) is 11.3 Å². The average Bonchev–Trinajstić information content (AvgIpc) is 3.81. The number of nitrogens with one attached hydrogen (secondary N) is 3. The van der Waals surface area contributed by atoms with E-state index in [4.69, 9.17) is 0 Å². The molecule has 52 heavy (non-hydrogen) atoms. The lowest BCUT2D eigenvalue weighted by Crippen LogP contribution is -2.59. The molecule has 1 aromatic carbocycles. The minimum absolute atomic E-state index is 0.0250. The predicted molar refractivity (Wildman–Crippen MR) is 204 cm³/mol. The molecule has 290 valence electrons. The van der Waals surface area contributed by atoms with Gasteiger partial charge in [0.2, 0.25) is 23.6 Å². The van der Waals surface area contributed by atoms with Crippen LogP contribution in [0.3, 0.4) is 0 Å². The molecule has 0 bridgehead atoms. The fraction of sp³-hybridized carbons (Fsp3) is 0.667. The first-order valence-corrected chi connectivity index (χ1v) is 19.6. The first-order valence-electron chi connectivity index (χ1n) is 18.7. The molecule has 1 fully saturated rings. The molecule has 12 nitrogen and oxygen atoms in total. The number of likely N-dealkylation sites (N-methyl/N-ethyl adjacent to an activating group) is 1. The van der Waals surface area contributed by atoms with E-state index in [0.29, 0.717) is 32.2 Å². The van der Waals surface area contributed by atoms with Crippen LogP contribution in [0.5, 0.6) is 0 Å². The molecule has 0 saturated carbocycles. The van der Waals surface area contributed by atoms with Crippen LogP contribution in [0.25, 0.3) is 0 Å². The van der Waals surface area contributed by atoms with Gasteiger partial charge in [-0.15, -0.1) is 11.3 Å². The Kier molecular flexibility index (Phi) is 16.7. The highest BCUT2D eigenvalue weighted by atomic mass is 32.1. The Morgan fingerprint density at radius 1 is 0.942 bits per heavy atom. The molecule has 0 radical (unpaired) electrons. The van der Waals surface area contributed by atoms with E-state index in [1.54, 1.807) is 18.0 Å². The minimum atomic E-state index is -1.21. The van der Waals surface area contributed by atoms with Crippen molar-refractivity contribution in [2.45, 2.75) is 123 Å². The summed E-state index contributed by atoms with van der Waals surface area (Å²) >= 11 is 1.45. The minimum Gasteiger partial charge on any atom is -0.390 e. The van der Waals surface area contributed by atoms with Crippen molar-refractivity contribution in [3.8, 4) is 0 Å². The molecule has 9 atom stereocenters. The summed E-state index contributed by atoms with van der Waals surface area (Å²) in [6.45, 7) is 13.5. The summed E-state index contributed by atoms with van der Waals surface area (Å²) in [5.74, 6) is -2.55. The highest BCUT2D eigenvalue weighted by molar-refractivity contribution is 7.09. The van der Waals surface area contributed by atoms with Gasteiger partial charge in [-0.2, -0.15) is 0 Å². The van der Waals surface area contributed by atoms with E-state index < -0.39 is 48.2 Å². The fourth-order valence-electron chi connectivity index (χ4n) is 7.16. The summed E-state index contributed by atoms with van der Waals surface area (Å²) in [4.78, 5) is 62.0. The van der Waals surface area contributed by atoms with Gasteiger partial charge in [0.15, 0.2) is 0 Å². The SMILES string of the molecule is CC[C@H](C)[C@H](NC(=O)[C@@H](NC(=O)[C@H](C(C)C)N(C)C)C(C)C)[C@H](O)CC(=O)N1CCC[C@H]1[C@H](O)[C@@H](C)C(=O)N[C@@H](Cc1ccccc1)c1nccs1. The molecule has 4 amide bonds. The largest absolute Gasteiger partial charge is 0.390 e. The van der Waals surface area contributed by atoms with Crippen molar-refractivity contribution in [1.82, 2.24) is 30.7 Å². The van der Waals surface area contributed by atoms with Gasteiger partial charge >= 0.3 is 0 Å². The lowest BCUT2D eigenvalue weighted by molar-refractivity contribution is -0.141. The number of amides is 4. The van der Waals surface area contributed by atoms with Gasteiger partial charge in [-0.25, -0.2) is 4.98 Å². The number of likely N-dealkylation sites (tertiary alicyclic amines) is 1. The van der Waals surface area contributed by atoms with E-state index >= 15 is 0 Å². The number of aliphatic hydroxyl groups is 2. The molecule has 3 rings (SSSR count). The molecular formula is C39H62N6O6S. The molecule has 13 heteroatoms. The first-order chi connectivity index (χ1) is 24.6. The second-order valence-corrected chi connectivity index (χ2v) is 16.2. The molecule has 0 spiro atoms. The van der Waals surface area contributed by atoms with E-state index in [0.717, 1.165) is 10.6 Å². The van der Waals surface area contributed by atoms with E-state index in [-0.39, 0.29) is 47.9 Å². The average molecular weight is 743 g/mol. The van der Waals surface area contributed by atoms with Crippen LogP contribution < -0.4 is 16.0 Å². The van der Waals surface area contributed by atoms with Gasteiger partial charge in [-0.05, 0) is 56.7 Å². The number of hydrogen-bond acceptors (Lipinski definition) is 9. The van der Waals surface area contributed by atoms with Crippen molar-refractivity contribution < 1.29 is 29.4 Å². The van der Waals surface area contributed by atoms with Crippen LogP contribution in [0.4, 0.5) is 0 Å². The van der Waals surface area contributed by atoms with Crippen molar-refractivity contribution in [3.05, 3.63) is 52.5 Å². The maximum atomic E-state index is 13.8. The van der Waals surface area contributed by atoms with E-state index in [1.807, 2.05) is 96.2 Å². The lowest BCUT2D eigenvalue weighted by atomic mass is 9.90. The lowest BCUT2D eigenvalue weighted by Gasteiger charge is -2.35. The van der Waals surface area contributed by atoms with Crippen molar-refractivity contribution in [2.75, 3.05) is 20.6 Å². The van der Waals surface area contributed by atoms with Gasteiger partial charge < -0.3 is 31.1 Å². The predicted octanol–water partition coefficient (Wildman–Crippen LogP) is 3.54. The smallest absolute Gasteiger partial charge is 0.243 e. The van der Waals surface area contributed by atoms with Gasteiger partial charge in [-0.1, -0.05) is 85.2 Å². The molecule has 1 aliphatic rings. The summed E-state index contributed by atoms with van der Waals surface area (Å²) in [5, 5.41) is 34.6. The normalized spacial score (nSPS) is 19.4. The number of carbonyl (C=O) groups excluding carboxylic acids is 4. The highest BCUT2D eigenvalue weighted by Gasteiger charge is 2.41. The fourth-order valence-corrected chi connectivity index (χ4v) is 7.85. The number of aromatic nitrogens is 1. The number of nitrogens with zero attached hydrogens (tertiary/aromatic N) is 3. The zero-order valence-electron chi connectivity index (χ0n) is 32.4. The Bertz CT molecular complexity index is 1420. The third kappa shape index (κ3) is 11.6. The molecule has 2 aromatic rings. The number of carbonyl (C=O) groups is 4. The number of thiazole rings is 1. The van der Waals surface area contributed by atoms with Gasteiger partial charge in [0.25, 0.3) is 0 Å². The Hall–Kier alpha value is -3.39. The third-order valence-electron chi connectivity index (χ3n) is 10.4. The third-order valence-corrected chi connectivity index (χ3v) is 11.2. The molecule has 1 aliphatic heterocycles. The summed E-state index contributed by atoms with van der Waals surface area (Å²) < 4.78 is 0. The summed E-state index contributed by atoms with van der Waals surface area (Å²) in [7, 11) is 3.65. The van der Waals surface area contributed by atoms with Crippen LogP contribution in [0.1, 0.15) is 90.8 Å². The highest BCUT2D eigenvalue weighted by Crippen LogP contribution is 2.28. The zero-order chi connectivity index (χ0) is 38.7. The second-order valence-electron chi connectivity index (χ2n) is 15.3. The Morgan fingerprint density at radius 3 is 2.17 bits per heavy atom. The number of hydrogen-bond donors (Lipinski definition) is 5. The van der Waals surface area contributed by atoms with Gasteiger partial charge in [0.05, 0.1) is 48.7 Å². The maximum Gasteiger partial charge on any atom is 0.243 e. The van der Waals surface area contributed by atoms with Gasteiger partial charge in [0.1, 0.15) is 11.0 Å². The maximum absolute atomic E-state index is 13.8. The van der Waals surface area contributed by atoms with Crippen LogP contribution >= 0.6 is 11.3 Å². The molecular weight excluding hydrogens is 681 g/mol. The molecule has 0 unspecified atom stereocenters. The summed E-state index contributed by atoms with van der Waals surface area (Å²) in [5.41, 5.74) is 1.04. The molecule has 5 N–H and O–H groups in total. The topological polar surface area (TPSA) is 164 Å².